The van der Waals surface area contributed by atoms with E-state index in [1.54, 1.807) is 7.11 Å². The fourth-order valence-corrected chi connectivity index (χ4v) is 3.04. The second kappa shape index (κ2) is 8.11. The average molecular weight is 345 g/mol. The number of carbonyl (C=O) groups is 1. The molecule has 1 saturated heterocycles. The number of likely N-dealkylation sites (tertiary alicyclic amines) is 1. The molecule has 0 N–H and O–H groups in total. The molecular weight excluding hydrogens is 322 g/mol. The number of rotatable bonds is 7. The van der Waals surface area contributed by atoms with Gasteiger partial charge in [0.25, 0.3) is 5.89 Å². The molecule has 2 aromatic rings. The van der Waals surface area contributed by atoms with Gasteiger partial charge in [0, 0.05) is 13.2 Å². The summed E-state index contributed by atoms with van der Waals surface area (Å²) in [5.74, 6) is 1.82. The number of ether oxygens (including phenoxy) is 2. The molecule has 7 nitrogen and oxygen atoms in total. The van der Waals surface area contributed by atoms with E-state index in [1.807, 2.05) is 36.1 Å². The van der Waals surface area contributed by atoms with Crippen molar-refractivity contribution >= 4 is 5.91 Å². The quantitative estimate of drug-likeness (QED) is 0.767. The van der Waals surface area contributed by atoms with E-state index in [9.17, 15) is 4.79 Å². The summed E-state index contributed by atoms with van der Waals surface area (Å²) in [6.07, 6.45) is 2.11. The van der Waals surface area contributed by atoms with Crippen LogP contribution in [0, 0.1) is 0 Å². The van der Waals surface area contributed by atoms with E-state index in [-0.39, 0.29) is 11.9 Å². The van der Waals surface area contributed by atoms with E-state index in [2.05, 4.69) is 10.1 Å². The van der Waals surface area contributed by atoms with Gasteiger partial charge in [0.2, 0.25) is 5.91 Å². The number of amides is 1. The van der Waals surface area contributed by atoms with E-state index in [4.69, 9.17) is 14.0 Å². The zero-order valence-corrected chi connectivity index (χ0v) is 14.6. The number of methoxy groups -OCH3 is 1. The second-order valence-electron chi connectivity index (χ2n) is 5.96. The summed E-state index contributed by atoms with van der Waals surface area (Å²) in [5.41, 5.74) is 0.931. The third-order valence-corrected chi connectivity index (χ3v) is 4.27. The summed E-state index contributed by atoms with van der Waals surface area (Å²) in [6, 6.07) is 7.45. The van der Waals surface area contributed by atoms with E-state index >= 15 is 0 Å². The lowest BCUT2D eigenvalue weighted by molar-refractivity contribution is -0.131. The highest BCUT2D eigenvalue weighted by Gasteiger charge is 2.33. The largest absolute Gasteiger partial charge is 0.497 e. The van der Waals surface area contributed by atoms with Crippen molar-refractivity contribution in [3.63, 3.8) is 0 Å². The van der Waals surface area contributed by atoms with E-state index < -0.39 is 0 Å². The van der Waals surface area contributed by atoms with Crippen LogP contribution in [0.25, 0.3) is 0 Å². The highest BCUT2D eigenvalue weighted by atomic mass is 16.5. The smallest absolute Gasteiger partial charge is 0.252 e. The Morgan fingerprint density at radius 1 is 1.44 bits per heavy atom. The second-order valence-corrected chi connectivity index (χ2v) is 5.96. The van der Waals surface area contributed by atoms with Crippen LogP contribution in [0.5, 0.6) is 5.75 Å². The molecule has 1 aromatic carbocycles. The standard InChI is InChI=1S/C18H23N3O4/c1-3-24-12-16-19-18(20-25-16)15-8-5-9-21(15)17(22)11-13-6-4-7-14(10-13)23-2/h4,6-7,10,15H,3,5,8-9,11-12H2,1-2H3. The van der Waals surface area contributed by atoms with Crippen LogP contribution < -0.4 is 4.74 Å². The normalized spacial score (nSPS) is 17.0. The summed E-state index contributed by atoms with van der Waals surface area (Å²) in [7, 11) is 1.62. The number of hydrogen-bond donors (Lipinski definition) is 0. The van der Waals surface area contributed by atoms with Crippen molar-refractivity contribution in [1.29, 1.82) is 0 Å². The molecule has 1 fully saturated rings. The van der Waals surface area contributed by atoms with Crippen molar-refractivity contribution in [2.24, 2.45) is 0 Å². The van der Waals surface area contributed by atoms with Crippen LogP contribution in [0.1, 0.15) is 43.1 Å². The summed E-state index contributed by atoms with van der Waals surface area (Å²) < 4.78 is 15.7. The van der Waals surface area contributed by atoms with Gasteiger partial charge < -0.3 is 18.9 Å². The summed E-state index contributed by atoms with van der Waals surface area (Å²) in [5, 5.41) is 4.04. The van der Waals surface area contributed by atoms with Crippen LogP contribution in [-0.2, 0) is 22.6 Å². The number of aromatic nitrogens is 2. The van der Waals surface area contributed by atoms with Crippen molar-refractivity contribution in [3.8, 4) is 5.75 Å². The minimum atomic E-state index is -0.128. The Balaban J connectivity index is 1.68. The molecule has 1 amide bonds. The average Bonchev–Trinajstić information content (AvgIpc) is 3.29. The molecule has 0 saturated carbocycles. The predicted molar refractivity (Wildman–Crippen MR) is 90.0 cm³/mol. The maximum Gasteiger partial charge on any atom is 0.252 e. The molecule has 0 radical (unpaired) electrons. The van der Waals surface area contributed by atoms with Crippen molar-refractivity contribution in [2.45, 2.75) is 38.8 Å². The topological polar surface area (TPSA) is 77.7 Å². The van der Waals surface area contributed by atoms with Crippen LogP contribution >= 0.6 is 0 Å². The van der Waals surface area contributed by atoms with E-state index in [0.29, 0.717) is 37.9 Å². The van der Waals surface area contributed by atoms with Gasteiger partial charge in [-0.3, -0.25) is 4.79 Å². The fourth-order valence-electron chi connectivity index (χ4n) is 3.04. The third kappa shape index (κ3) is 4.17. The summed E-state index contributed by atoms with van der Waals surface area (Å²) >= 11 is 0. The van der Waals surface area contributed by atoms with Gasteiger partial charge in [0.05, 0.1) is 19.6 Å². The lowest BCUT2D eigenvalue weighted by Gasteiger charge is -2.22. The van der Waals surface area contributed by atoms with Crippen molar-refractivity contribution < 1.29 is 18.8 Å². The Labute approximate surface area is 146 Å². The first-order chi connectivity index (χ1) is 12.2. The zero-order valence-electron chi connectivity index (χ0n) is 14.6. The van der Waals surface area contributed by atoms with Crippen LogP contribution in [0.3, 0.4) is 0 Å². The molecule has 3 rings (SSSR count). The van der Waals surface area contributed by atoms with E-state index in [1.165, 1.54) is 0 Å². The van der Waals surface area contributed by atoms with E-state index in [0.717, 1.165) is 24.2 Å². The van der Waals surface area contributed by atoms with Gasteiger partial charge in [-0.25, -0.2) is 0 Å². The monoisotopic (exact) mass is 345 g/mol. The Morgan fingerprint density at radius 2 is 2.32 bits per heavy atom. The maximum atomic E-state index is 12.8. The molecule has 1 atom stereocenters. The molecule has 0 aliphatic carbocycles. The molecule has 1 aliphatic rings. The fraction of sp³-hybridized carbons (Fsp3) is 0.500. The summed E-state index contributed by atoms with van der Waals surface area (Å²) in [6.45, 7) is 3.51. The van der Waals surface area contributed by atoms with Gasteiger partial charge in [-0.2, -0.15) is 4.98 Å². The maximum absolute atomic E-state index is 12.8. The van der Waals surface area contributed by atoms with Crippen molar-refractivity contribution in [3.05, 3.63) is 41.5 Å². The molecule has 7 heteroatoms. The van der Waals surface area contributed by atoms with Gasteiger partial charge >= 0.3 is 0 Å². The SMILES string of the molecule is CCOCc1nc(C2CCCN2C(=O)Cc2cccc(OC)c2)no1. The van der Waals surface area contributed by atoms with Crippen molar-refractivity contribution in [1.82, 2.24) is 15.0 Å². The van der Waals surface area contributed by atoms with Gasteiger partial charge in [-0.1, -0.05) is 17.3 Å². The number of hydrogen-bond acceptors (Lipinski definition) is 6. The van der Waals surface area contributed by atoms with Gasteiger partial charge in [0.15, 0.2) is 5.82 Å². The molecule has 25 heavy (non-hydrogen) atoms. The molecule has 1 aromatic heterocycles. The Hall–Kier alpha value is -2.41. The molecule has 1 unspecified atom stereocenters. The van der Waals surface area contributed by atoms with Crippen LogP contribution in [0.2, 0.25) is 0 Å². The zero-order chi connectivity index (χ0) is 17.6. The molecular formula is C18H23N3O4. The molecule has 134 valence electrons. The first-order valence-corrected chi connectivity index (χ1v) is 8.54. The van der Waals surface area contributed by atoms with Gasteiger partial charge in [0.1, 0.15) is 12.4 Å². The van der Waals surface area contributed by atoms with Crippen LogP contribution in [0.15, 0.2) is 28.8 Å². The molecule has 0 bridgehead atoms. The molecule has 0 spiro atoms. The lowest BCUT2D eigenvalue weighted by Crippen LogP contribution is -2.32. The highest BCUT2D eigenvalue weighted by molar-refractivity contribution is 5.79. The first kappa shape index (κ1) is 17.4. The minimum absolute atomic E-state index is 0.0620. The number of carbonyl (C=O) groups excluding carboxylic acids is 1. The van der Waals surface area contributed by atoms with Gasteiger partial charge in [-0.15, -0.1) is 0 Å². The van der Waals surface area contributed by atoms with Crippen LogP contribution in [-0.4, -0.2) is 41.2 Å². The minimum Gasteiger partial charge on any atom is -0.497 e. The Kier molecular flexibility index (Phi) is 5.65. The third-order valence-electron chi connectivity index (χ3n) is 4.27. The summed E-state index contributed by atoms with van der Waals surface area (Å²) in [4.78, 5) is 19.0. The molecule has 2 heterocycles. The van der Waals surface area contributed by atoms with Crippen molar-refractivity contribution in [2.75, 3.05) is 20.3 Å². The number of benzene rings is 1. The van der Waals surface area contributed by atoms with Gasteiger partial charge in [-0.05, 0) is 37.5 Å². The molecule has 1 aliphatic heterocycles. The highest BCUT2D eigenvalue weighted by Crippen LogP contribution is 2.31. The predicted octanol–water partition coefficient (Wildman–Crippen LogP) is 2.52. The lowest BCUT2D eigenvalue weighted by atomic mass is 10.1. The first-order valence-electron chi connectivity index (χ1n) is 8.54. The Morgan fingerprint density at radius 3 is 3.12 bits per heavy atom. The Bertz CT molecular complexity index is 716. The number of nitrogens with zero attached hydrogens (tertiary/aromatic N) is 3. The van der Waals surface area contributed by atoms with Crippen LogP contribution in [0.4, 0.5) is 0 Å².